The van der Waals surface area contributed by atoms with Crippen LogP contribution in [0.25, 0.3) is 0 Å². The third kappa shape index (κ3) is 1.88. The summed E-state index contributed by atoms with van der Waals surface area (Å²) in [6.07, 6.45) is 2.09. The molecule has 0 aliphatic carbocycles. The number of carbonyl (C=O) groups excluding carboxylic acids is 1. The van der Waals surface area contributed by atoms with Crippen LogP contribution in [0.5, 0.6) is 0 Å². The minimum absolute atomic E-state index is 0.0974. The highest BCUT2D eigenvalue weighted by molar-refractivity contribution is 5.85. The zero-order chi connectivity index (χ0) is 10.0. The van der Waals surface area contributed by atoms with Gasteiger partial charge in [0.15, 0.2) is 0 Å². The second-order valence-electron chi connectivity index (χ2n) is 3.26. The molecule has 72 valence electrons. The van der Waals surface area contributed by atoms with Crippen LogP contribution in [0.1, 0.15) is 13.3 Å². The summed E-state index contributed by atoms with van der Waals surface area (Å²) in [5.74, 6) is -0.952. The second-order valence-corrected chi connectivity index (χ2v) is 3.26. The van der Waals surface area contributed by atoms with Gasteiger partial charge in [0, 0.05) is 18.9 Å². The monoisotopic (exact) mass is 183 g/mol. The van der Waals surface area contributed by atoms with Gasteiger partial charge in [-0.1, -0.05) is 6.08 Å². The van der Waals surface area contributed by atoms with E-state index in [1.807, 2.05) is 0 Å². The number of carboxylic acid groups (broad SMARTS) is 1. The molecule has 0 aromatic rings. The minimum atomic E-state index is -0.960. The predicted molar refractivity (Wildman–Crippen MR) is 47.1 cm³/mol. The zero-order valence-electron chi connectivity index (χ0n) is 7.56. The van der Waals surface area contributed by atoms with Crippen molar-refractivity contribution in [2.75, 3.05) is 6.54 Å². The van der Waals surface area contributed by atoms with Crippen molar-refractivity contribution in [3.05, 3.63) is 12.7 Å². The van der Waals surface area contributed by atoms with Crippen LogP contribution in [0.4, 0.5) is 0 Å². The highest BCUT2D eigenvalue weighted by Gasteiger charge is 2.33. The van der Waals surface area contributed by atoms with E-state index in [1.165, 1.54) is 11.8 Å². The maximum atomic E-state index is 11.3. The number of likely N-dealkylation sites (tertiary alicyclic amines) is 1. The summed E-state index contributed by atoms with van der Waals surface area (Å²) in [5, 5.41) is 8.70. The molecule has 2 atom stereocenters. The molecule has 1 rings (SSSR count). The summed E-state index contributed by atoms with van der Waals surface area (Å²) in [7, 11) is 0. The van der Waals surface area contributed by atoms with Crippen LogP contribution in [-0.2, 0) is 9.59 Å². The van der Waals surface area contributed by atoms with Crippen molar-refractivity contribution in [1.82, 2.24) is 4.90 Å². The lowest BCUT2D eigenvalue weighted by atomic mass is 10.1. The number of rotatable bonds is 3. The smallest absolute Gasteiger partial charge is 0.326 e. The lowest BCUT2D eigenvalue weighted by Gasteiger charge is -2.20. The standard InChI is InChI=1S/C9H13NO3/c1-3-7-4-8(11)10(5-7)6(2)9(12)13/h3,6-7H,1,4-5H2,2H3,(H,12,13)/t6-,7?/m0/s1. The lowest BCUT2D eigenvalue weighted by molar-refractivity contribution is -0.147. The molecule has 4 heteroatoms. The Labute approximate surface area is 76.8 Å². The van der Waals surface area contributed by atoms with Crippen molar-refractivity contribution in [2.45, 2.75) is 19.4 Å². The van der Waals surface area contributed by atoms with E-state index in [2.05, 4.69) is 6.58 Å². The Balaban J connectivity index is 2.67. The van der Waals surface area contributed by atoms with E-state index in [1.54, 1.807) is 6.08 Å². The first-order valence-corrected chi connectivity index (χ1v) is 4.21. The maximum absolute atomic E-state index is 11.3. The number of aliphatic carboxylic acids is 1. The van der Waals surface area contributed by atoms with E-state index >= 15 is 0 Å². The van der Waals surface area contributed by atoms with Gasteiger partial charge in [-0.05, 0) is 6.92 Å². The first-order chi connectivity index (χ1) is 6.06. The molecular weight excluding hydrogens is 170 g/mol. The summed E-state index contributed by atoms with van der Waals surface area (Å²) < 4.78 is 0. The van der Waals surface area contributed by atoms with Gasteiger partial charge in [-0.2, -0.15) is 0 Å². The normalized spacial score (nSPS) is 24.5. The van der Waals surface area contributed by atoms with Crippen LogP contribution in [0.2, 0.25) is 0 Å². The molecule has 1 fully saturated rings. The molecule has 1 amide bonds. The van der Waals surface area contributed by atoms with Gasteiger partial charge >= 0.3 is 5.97 Å². The number of nitrogens with zero attached hydrogens (tertiary/aromatic N) is 1. The molecule has 0 bridgehead atoms. The van der Waals surface area contributed by atoms with E-state index in [4.69, 9.17) is 5.11 Å². The van der Waals surface area contributed by atoms with Crippen molar-refractivity contribution in [2.24, 2.45) is 5.92 Å². The molecule has 0 aromatic carbocycles. The van der Waals surface area contributed by atoms with E-state index in [0.717, 1.165) is 0 Å². The van der Waals surface area contributed by atoms with Crippen molar-refractivity contribution >= 4 is 11.9 Å². The van der Waals surface area contributed by atoms with Crippen molar-refractivity contribution in [3.8, 4) is 0 Å². The van der Waals surface area contributed by atoms with Crippen LogP contribution in [0.3, 0.4) is 0 Å². The van der Waals surface area contributed by atoms with Gasteiger partial charge in [-0.15, -0.1) is 6.58 Å². The average Bonchev–Trinajstić information content (AvgIpc) is 2.45. The number of carbonyl (C=O) groups is 2. The molecule has 1 unspecified atom stereocenters. The molecule has 0 aromatic heterocycles. The van der Waals surface area contributed by atoms with Crippen LogP contribution in [0.15, 0.2) is 12.7 Å². The van der Waals surface area contributed by atoms with Gasteiger partial charge in [0.2, 0.25) is 5.91 Å². The number of amides is 1. The second kappa shape index (κ2) is 3.60. The Morgan fingerprint density at radius 3 is 2.85 bits per heavy atom. The van der Waals surface area contributed by atoms with E-state index < -0.39 is 12.0 Å². The SMILES string of the molecule is C=CC1CC(=O)N([C@@H](C)C(=O)O)C1. The number of carboxylic acids is 1. The van der Waals surface area contributed by atoms with Gasteiger partial charge in [-0.3, -0.25) is 4.79 Å². The minimum Gasteiger partial charge on any atom is -0.480 e. The Kier molecular flexibility index (Phi) is 2.70. The molecular formula is C9H13NO3. The van der Waals surface area contributed by atoms with Gasteiger partial charge in [0.05, 0.1) is 0 Å². The van der Waals surface area contributed by atoms with Crippen molar-refractivity contribution in [3.63, 3.8) is 0 Å². The molecule has 1 aliphatic rings. The van der Waals surface area contributed by atoms with Gasteiger partial charge in [0.1, 0.15) is 6.04 Å². The number of hydrogen-bond donors (Lipinski definition) is 1. The molecule has 0 saturated carbocycles. The van der Waals surface area contributed by atoms with E-state index in [9.17, 15) is 9.59 Å². The fraction of sp³-hybridized carbons (Fsp3) is 0.556. The maximum Gasteiger partial charge on any atom is 0.326 e. The van der Waals surface area contributed by atoms with E-state index in [0.29, 0.717) is 13.0 Å². The summed E-state index contributed by atoms with van der Waals surface area (Å²) in [4.78, 5) is 23.3. The number of hydrogen-bond acceptors (Lipinski definition) is 2. The Hall–Kier alpha value is -1.32. The Bertz CT molecular complexity index is 249. The fourth-order valence-electron chi connectivity index (χ4n) is 1.43. The summed E-state index contributed by atoms with van der Waals surface area (Å²) >= 11 is 0. The zero-order valence-corrected chi connectivity index (χ0v) is 7.56. The predicted octanol–water partition coefficient (Wildman–Crippen LogP) is 0.494. The van der Waals surface area contributed by atoms with Gasteiger partial charge < -0.3 is 10.0 Å². The third-order valence-electron chi connectivity index (χ3n) is 2.35. The quantitative estimate of drug-likeness (QED) is 0.648. The molecule has 13 heavy (non-hydrogen) atoms. The summed E-state index contributed by atoms with van der Waals surface area (Å²) in [6, 6.07) is -0.725. The fourth-order valence-corrected chi connectivity index (χ4v) is 1.43. The van der Waals surface area contributed by atoms with Crippen LogP contribution in [-0.4, -0.2) is 34.5 Å². The molecule has 1 aliphatic heterocycles. The molecule has 0 radical (unpaired) electrons. The molecule has 1 heterocycles. The third-order valence-corrected chi connectivity index (χ3v) is 2.35. The van der Waals surface area contributed by atoms with Crippen molar-refractivity contribution < 1.29 is 14.7 Å². The Morgan fingerprint density at radius 2 is 2.46 bits per heavy atom. The highest BCUT2D eigenvalue weighted by Crippen LogP contribution is 2.20. The first kappa shape index (κ1) is 9.77. The Morgan fingerprint density at radius 1 is 1.85 bits per heavy atom. The van der Waals surface area contributed by atoms with Crippen LogP contribution in [0, 0.1) is 5.92 Å². The van der Waals surface area contributed by atoms with Gasteiger partial charge in [0.25, 0.3) is 0 Å². The molecule has 0 spiro atoms. The van der Waals surface area contributed by atoms with E-state index in [-0.39, 0.29) is 11.8 Å². The lowest BCUT2D eigenvalue weighted by Crippen LogP contribution is -2.39. The molecule has 4 nitrogen and oxygen atoms in total. The van der Waals surface area contributed by atoms with Crippen LogP contribution < -0.4 is 0 Å². The van der Waals surface area contributed by atoms with Gasteiger partial charge in [-0.25, -0.2) is 4.79 Å². The largest absolute Gasteiger partial charge is 0.480 e. The molecule has 1 saturated heterocycles. The molecule has 1 N–H and O–H groups in total. The highest BCUT2D eigenvalue weighted by atomic mass is 16.4. The van der Waals surface area contributed by atoms with Crippen molar-refractivity contribution in [1.29, 1.82) is 0 Å². The summed E-state index contributed by atoms with van der Waals surface area (Å²) in [6.45, 7) is 5.59. The average molecular weight is 183 g/mol. The first-order valence-electron chi connectivity index (χ1n) is 4.21. The topological polar surface area (TPSA) is 57.6 Å². The van der Waals surface area contributed by atoms with Crippen LogP contribution >= 0.6 is 0 Å². The summed E-state index contributed by atoms with van der Waals surface area (Å²) in [5.41, 5.74) is 0.